The van der Waals surface area contributed by atoms with Crippen molar-refractivity contribution in [2.75, 3.05) is 0 Å². The molecule has 0 aliphatic rings. The van der Waals surface area contributed by atoms with Crippen LogP contribution in [-0.2, 0) is 6.42 Å². The van der Waals surface area contributed by atoms with Crippen LogP contribution in [-0.4, -0.2) is 21.7 Å². The van der Waals surface area contributed by atoms with Gasteiger partial charge in [-0.1, -0.05) is 18.5 Å². The van der Waals surface area contributed by atoms with Crippen LogP contribution >= 0.6 is 11.6 Å². The van der Waals surface area contributed by atoms with Crippen molar-refractivity contribution in [3.05, 3.63) is 46.7 Å². The molecule has 0 saturated carbocycles. The highest BCUT2D eigenvalue weighted by atomic mass is 35.5. The first-order valence-corrected chi connectivity index (χ1v) is 6.79. The zero-order valence-electron chi connectivity index (χ0n) is 11.2. The maximum Gasteiger partial charge on any atom is 0.269 e. The maximum atomic E-state index is 11.1. The molecule has 0 aliphatic heterocycles. The molecule has 4 N–H and O–H groups in total. The van der Waals surface area contributed by atoms with Gasteiger partial charge in [-0.25, -0.2) is 4.68 Å². The van der Waals surface area contributed by atoms with E-state index < -0.39 is 5.91 Å². The van der Waals surface area contributed by atoms with Gasteiger partial charge < -0.3 is 11.5 Å². The van der Waals surface area contributed by atoms with Crippen molar-refractivity contribution in [2.45, 2.75) is 25.8 Å². The maximum absolute atomic E-state index is 11.1. The van der Waals surface area contributed by atoms with Gasteiger partial charge in [0.15, 0.2) is 0 Å². The van der Waals surface area contributed by atoms with Gasteiger partial charge >= 0.3 is 0 Å². The molecule has 0 saturated heterocycles. The minimum Gasteiger partial charge on any atom is -0.364 e. The normalized spacial score (nSPS) is 12.3. The SMILES string of the molecule is CCC(N)Cc1cc(Cl)ccc1-n1ccc(C(N)=O)n1. The Hall–Kier alpha value is -1.85. The Balaban J connectivity index is 2.41. The van der Waals surface area contributed by atoms with E-state index in [1.807, 2.05) is 19.1 Å². The Morgan fingerprint density at radius 1 is 1.45 bits per heavy atom. The molecule has 5 nitrogen and oxygen atoms in total. The first-order chi connectivity index (χ1) is 9.51. The molecular formula is C14H17ClN4O. The van der Waals surface area contributed by atoms with Gasteiger partial charge in [0.25, 0.3) is 5.91 Å². The van der Waals surface area contributed by atoms with E-state index in [9.17, 15) is 4.79 Å². The number of rotatable bonds is 5. The third kappa shape index (κ3) is 3.18. The molecule has 0 fully saturated rings. The Morgan fingerprint density at radius 2 is 2.20 bits per heavy atom. The lowest BCUT2D eigenvalue weighted by molar-refractivity contribution is 0.0995. The van der Waals surface area contributed by atoms with Crippen LogP contribution in [0, 0.1) is 0 Å². The van der Waals surface area contributed by atoms with Crippen molar-refractivity contribution in [1.82, 2.24) is 9.78 Å². The van der Waals surface area contributed by atoms with E-state index >= 15 is 0 Å². The van der Waals surface area contributed by atoms with Gasteiger partial charge in [0.05, 0.1) is 5.69 Å². The quantitative estimate of drug-likeness (QED) is 0.882. The van der Waals surface area contributed by atoms with Gasteiger partial charge in [-0.2, -0.15) is 5.10 Å². The van der Waals surface area contributed by atoms with Gasteiger partial charge in [-0.15, -0.1) is 0 Å². The van der Waals surface area contributed by atoms with Crippen LogP contribution in [0.3, 0.4) is 0 Å². The summed E-state index contributed by atoms with van der Waals surface area (Å²) in [5, 5.41) is 4.81. The number of hydrogen-bond donors (Lipinski definition) is 2. The van der Waals surface area contributed by atoms with Crippen LogP contribution < -0.4 is 11.5 Å². The Labute approximate surface area is 122 Å². The van der Waals surface area contributed by atoms with Crippen LogP contribution in [0.5, 0.6) is 0 Å². The summed E-state index contributed by atoms with van der Waals surface area (Å²) < 4.78 is 1.62. The Kier molecular flexibility index (Phi) is 4.42. The molecular weight excluding hydrogens is 276 g/mol. The van der Waals surface area contributed by atoms with Crippen LogP contribution in [0.15, 0.2) is 30.5 Å². The molecule has 6 heteroatoms. The summed E-state index contributed by atoms with van der Waals surface area (Å²) in [6.45, 7) is 2.04. The largest absolute Gasteiger partial charge is 0.364 e. The van der Waals surface area contributed by atoms with Gasteiger partial charge in [-0.05, 0) is 42.7 Å². The molecule has 1 amide bonds. The fourth-order valence-electron chi connectivity index (χ4n) is 1.96. The Bertz CT molecular complexity index is 623. The summed E-state index contributed by atoms with van der Waals surface area (Å²) in [7, 11) is 0. The smallest absolute Gasteiger partial charge is 0.269 e. The molecule has 1 aromatic carbocycles. The zero-order valence-corrected chi connectivity index (χ0v) is 12.0. The van der Waals surface area contributed by atoms with Gasteiger partial charge in [0, 0.05) is 17.3 Å². The number of aromatic nitrogens is 2. The molecule has 1 heterocycles. The third-order valence-electron chi connectivity index (χ3n) is 3.14. The first kappa shape index (κ1) is 14.6. The first-order valence-electron chi connectivity index (χ1n) is 6.41. The van der Waals surface area contributed by atoms with E-state index in [4.69, 9.17) is 23.1 Å². The summed E-state index contributed by atoms with van der Waals surface area (Å²) in [6, 6.07) is 7.15. The highest BCUT2D eigenvalue weighted by molar-refractivity contribution is 6.30. The molecule has 20 heavy (non-hydrogen) atoms. The highest BCUT2D eigenvalue weighted by Gasteiger charge is 2.12. The second-order valence-electron chi connectivity index (χ2n) is 4.66. The van der Waals surface area contributed by atoms with E-state index in [-0.39, 0.29) is 11.7 Å². The van der Waals surface area contributed by atoms with Crippen LogP contribution in [0.2, 0.25) is 5.02 Å². The molecule has 0 bridgehead atoms. The summed E-state index contributed by atoms with van der Waals surface area (Å²) in [5.74, 6) is -0.551. The number of nitrogens with zero attached hydrogens (tertiary/aromatic N) is 2. The van der Waals surface area contributed by atoms with Crippen molar-refractivity contribution in [3.63, 3.8) is 0 Å². The second-order valence-corrected chi connectivity index (χ2v) is 5.09. The second kappa shape index (κ2) is 6.07. The highest BCUT2D eigenvalue weighted by Crippen LogP contribution is 2.21. The molecule has 1 atom stereocenters. The van der Waals surface area contributed by atoms with E-state index in [0.717, 1.165) is 17.7 Å². The van der Waals surface area contributed by atoms with Crippen LogP contribution in [0.25, 0.3) is 5.69 Å². The number of carbonyl (C=O) groups excluding carboxylic acids is 1. The average molecular weight is 293 g/mol. The van der Waals surface area contributed by atoms with E-state index in [0.29, 0.717) is 11.4 Å². The lowest BCUT2D eigenvalue weighted by Crippen LogP contribution is -2.22. The van der Waals surface area contributed by atoms with E-state index in [2.05, 4.69) is 5.10 Å². The topological polar surface area (TPSA) is 86.9 Å². The van der Waals surface area contributed by atoms with Crippen molar-refractivity contribution < 1.29 is 4.79 Å². The number of carbonyl (C=O) groups is 1. The monoisotopic (exact) mass is 292 g/mol. The molecule has 2 rings (SSSR count). The van der Waals surface area contributed by atoms with E-state index in [1.165, 1.54) is 0 Å². The number of benzene rings is 1. The fraction of sp³-hybridized carbons (Fsp3) is 0.286. The molecule has 2 aromatic rings. The van der Waals surface area contributed by atoms with Crippen molar-refractivity contribution >= 4 is 17.5 Å². The van der Waals surface area contributed by atoms with Gasteiger partial charge in [0.1, 0.15) is 5.69 Å². The van der Waals surface area contributed by atoms with Crippen LogP contribution in [0.4, 0.5) is 0 Å². The number of amides is 1. The van der Waals surface area contributed by atoms with Gasteiger partial charge in [-0.3, -0.25) is 4.79 Å². The Morgan fingerprint density at radius 3 is 2.80 bits per heavy atom. The van der Waals surface area contributed by atoms with Gasteiger partial charge in [0.2, 0.25) is 0 Å². The summed E-state index contributed by atoms with van der Waals surface area (Å²) in [5.41, 5.74) is 13.3. The van der Waals surface area contributed by atoms with Crippen LogP contribution in [0.1, 0.15) is 29.4 Å². The van der Waals surface area contributed by atoms with Crippen molar-refractivity contribution in [1.29, 1.82) is 0 Å². The van der Waals surface area contributed by atoms with Crippen molar-refractivity contribution in [2.24, 2.45) is 11.5 Å². The minimum absolute atomic E-state index is 0.0541. The lowest BCUT2D eigenvalue weighted by Gasteiger charge is -2.14. The average Bonchev–Trinajstić information content (AvgIpc) is 2.88. The summed E-state index contributed by atoms with van der Waals surface area (Å²) in [6.07, 6.45) is 3.26. The standard InChI is InChI=1S/C14H17ClN4O/c1-2-11(16)8-9-7-10(15)3-4-13(9)19-6-5-12(18-19)14(17)20/h3-7,11H,2,8,16H2,1H3,(H2,17,20). The predicted octanol–water partition coefficient (Wildman–Crippen LogP) is 1.90. The summed E-state index contributed by atoms with van der Waals surface area (Å²) in [4.78, 5) is 11.1. The number of hydrogen-bond acceptors (Lipinski definition) is 3. The molecule has 0 spiro atoms. The predicted molar refractivity (Wildman–Crippen MR) is 79.1 cm³/mol. The number of halogens is 1. The number of primary amides is 1. The minimum atomic E-state index is -0.551. The fourth-order valence-corrected chi connectivity index (χ4v) is 2.15. The lowest BCUT2D eigenvalue weighted by atomic mass is 10.0. The molecule has 1 unspecified atom stereocenters. The molecule has 0 radical (unpaired) electrons. The molecule has 106 valence electrons. The summed E-state index contributed by atoms with van der Waals surface area (Å²) >= 11 is 6.04. The number of nitrogens with two attached hydrogens (primary N) is 2. The zero-order chi connectivity index (χ0) is 14.7. The third-order valence-corrected chi connectivity index (χ3v) is 3.37. The van der Waals surface area contributed by atoms with Crippen molar-refractivity contribution in [3.8, 4) is 5.69 Å². The molecule has 1 aromatic heterocycles. The molecule has 0 aliphatic carbocycles. The van der Waals surface area contributed by atoms with E-state index in [1.54, 1.807) is 23.0 Å².